The smallest absolute Gasteiger partial charge is 0.251 e. The highest BCUT2D eigenvalue weighted by Gasteiger charge is 2.37. The van der Waals surface area contributed by atoms with Crippen LogP contribution >= 0.6 is 0 Å². The molecule has 8 nitrogen and oxygen atoms in total. The molecule has 1 heterocycles. The number of amides is 1. The van der Waals surface area contributed by atoms with Crippen LogP contribution < -0.4 is 15.4 Å². The molecule has 1 aliphatic carbocycles. The molecular weight excluding hydrogens is 425 g/mol. The van der Waals surface area contributed by atoms with E-state index in [4.69, 9.17) is 4.74 Å². The molecule has 1 amide bonds. The molecule has 2 atom stereocenters. The Morgan fingerprint density at radius 1 is 1.06 bits per heavy atom. The van der Waals surface area contributed by atoms with Gasteiger partial charge in [-0.05, 0) is 67.3 Å². The molecule has 0 spiro atoms. The number of sulfonamides is 1. The predicted octanol–water partition coefficient (Wildman–Crippen LogP) is 1.44. The molecule has 0 unspecified atom stereocenters. The van der Waals surface area contributed by atoms with Crippen LogP contribution in [-0.4, -0.2) is 51.0 Å². The highest BCUT2D eigenvalue weighted by molar-refractivity contribution is 7.89. The molecule has 4 N–H and O–H groups in total. The number of rotatable bonds is 9. The standard InChI is InChI=1S/C21H24FN3O5S/c22-15-5-3-14(4-6-15)20(26)24-19(13-1-2-13)21(27)23-16-7-9-18(10-8-16)31(28,29)25-17-11-30-12-17/h3-10,13,17,19,21,23,25,27H,1-2,11-12H2,(H,24,26)/t19-,21-/m0/s1. The highest BCUT2D eigenvalue weighted by Crippen LogP contribution is 2.34. The molecule has 0 radical (unpaired) electrons. The van der Waals surface area contributed by atoms with Crippen LogP contribution in [0.4, 0.5) is 10.1 Å². The number of ether oxygens (including phenoxy) is 1. The van der Waals surface area contributed by atoms with Gasteiger partial charge in [-0.2, -0.15) is 0 Å². The zero-order chi connectivity index (χ0) is 22.0. The van der Waals surface area contributed by atoms with E-state index in [0.29, 0.717) is 24.5 Å². The number of hydrogen-bond acceptors (Lipinski definition) is 6. The average Bonchev–Trinajstić information content (AvgIpc) is 3.55. The molecular formula is C21H24FN3O5S. The van der Waals surface area contributed by atoms with Crippen LogP contribution in [0.25, 0.3) is 0 Å². The Hall–Kier alpha value is -2.53. The lowest BCUT2D eigenvalue weighted by molar-refractivity contribution is 0.00482. The lowest BCUT2D eigenvalue weighted by Gasteiger charge is -2.27. The Bertz CT molecular complexity index is 1020. The fraction of sp³-hybridized carbons (Fsp3) is 0.381. The van der Waals surface area contributed by atoms with E-state index in [0.717, 1.165) is 12.8 Å². The summed E-state index contributed by atoms with van der Waals surface area (Å²) in [7, 11) is -3.64. The van der Waals surface area contributed by atoms with Crippen molar-refractivity contribution >= 4 is 21.6 Å². The minimum Gasteiger partial charge on any atom is -0.378 e. The first kappa shape index (κ1) is 21.7. The fourth-order valence-electron chi connectivity index (χ4n) is 3.33. The van der Waals surface area contributed by atoms with Crippen molar-refractivity contribution in [2.45, 2.75) is 36.0 Å². The lowest BCUT2D eigenvalue weighted by atomic mass is 10.1. The van der Waals surface area contributed by atoms with Crippen molar-refractivity contribution in [2.75, 3.05) is 18.5 Å². The van der Waals surface area contributed by atoms with Crippen LogP contribution in [0.2, 0.25) is 0 Å². The van der Waals surface area contributed by atoms with Crippen molar-refractivity contribution in [3.8, 4) is 0 Å². The maximum atomic E-state index is 13.1. The number of aliphatic hydroxyl groups is 1. The largest absolute Gasteiger partial charge is 0.378 e. The van der Waals surface area contributed by atoms with E-state index in [2.05, 4.69) is 15.4 Å². The van der Waals surface area contributed by atoms with Gasteiger partial charge in [0.25, 0.3) is 5.91 Å². The predicted molar refractivity (Wildman–Crippen MR) is 111 cm³/mol. The van der Waals surface area contributed by atoms with Crippen molar-refractivity contribution in [1.29, 1.82) is 0 Å². The van der Waals surface area contributed by atoms with Crippen LogP contribution in [-0.2, 0) is 14.8 Å². The minimum atomic E-state index is -3.64. The molecule has 2 aromatic carbocycles. The van der Waals surface area contributed by atoms with E-state index in [1.54, 1.807) is 12.1 Å². The van der Waals surface area contributed by atoms with Crippen molar-refractivity contribution < 1.29 is 27.4 Å². The summed E-state index contributed by atoms with van der Waals surface area (Å²) >= 11 is 0. The minimum absolute atomic E-state index is 0.114. The topological polar surface area (TPSA) is 117 Å². The maximum Gasteiger partial charge on any atom is 0.251 e. The van der Waals surface area contributed by atoms with E-state index < -0.39 is 34.0 Å². The van der Waals surface area contributed by atoms with Gasteiger partial charge in [0.2, 0.25) is 10.0 Å². The van der Waals surface area contributed by atoms with Gasteiger partial charge in [0.15, 0.2) is 0 Å². The summed E-state index contributed by atoms with van der Waals surface area (Å²) in [5.41, 5.74) is 0.818. The number of aliphatic hydroxyl groups excluding tert-OH is 1. The van der Waals surface area contributed by atoms with Crippen LogP contribution in [0.1, 0.15) is 23.2 Å². The summed E-state index contributed by atoms with van der Waals surface area (Å²) in [6.45, 7) is 0.717. The van der Waals surface area contributed by atoms with Gasteiger partial charge in [0, 0.05) is 11.3 Å². The van der Waals surface area contributed by atoms with Crippen molar-refractivity contribution in [2.24, 2.45) is 5.92 Å². The van der Waals surface area contributed by atoms with E-state index in [-0.39, 0.29) is 16.9 Å². The second kappa shape index (κ2) is 8.91. The Labute approximate surface area is 179 Å². The SMILES string of the molecule is O=C(N[C@@H](C1CC1)[C@H](O)Nc1ccc(S(=O)(=O)NC2COC2)cc1)c1ccc(F)cc1. The third-order valence-corrected chi connectivity index (χ3v) is 6.85. The van der Waals surface area contributed by atoms with Crippen LogP contribution in [0.15, 0.2) is 53.4 Å². The molecule has 31 heavy (non-hydrogen) atoms. The summed E-state index contributed by atoms with van der Waals surface area (Å²) in [5, 5.41) is 16.4. The van der Waals surface area contributed by atoms with Gasteiger partial charge >= 0.3 is 0 Å². The Kier molecular flexibility index (Phi) is 6.24. The maximum absolute atomic E-state index is 13.1. The molecule has 0 aromatic heterocycles. The Morgan fingerprint density at radius 3 is 2.26 bits per heavy atom. The monoisotopic (exact) mass is 449 g/mol. The molecule has 1 aliphatic heterocycles. The van der Waals surface area contributed by atoms with Gasteiger partial charge in [0.1, 0.15) is 12.0 Å². The summed E-state index contributed by atoms with van der Waals surface area (Å²) in [4.78, 5) is 12.6. The second-order valence-electron chi connectivity index (χ2n) is 7.81. The van der Waals surface area contributed by atoms with Gasteiger partial charge < -0.3 is 20.5 Å². The van der Waals surface area contributed by atoms with Gasteiger partial charge in [-0.1, -0.05) is 0 Å². The lowest BCUT2D eigenvalue weighted by Crippen LogP contribution is -2.48. The Morgan fingerprint density at radius 2 is 1.71 bits per heavy atom. The van der Waals surface area contributed by atoms with Crippen molar-refractivity contribution in [1.82, 2.24) is 10.0 Å². The average molecular weight is 450 g/mol. The van der Waals surface area contributed by atoms with E-state index in [9.17, 15) is 22.7 Å². The number of nitrogens with one attached hydrogen (secondary N) is 3. The van der Waals surface area contributed by atoms with Crippen LogP contribution in [0.5, 0.6) is 0 Å². The number of halogens is 1. The van der Waals surface area contributed by atoms with Gasteiger partial charge in [-0.25, -0.2) is 17.5 Å². The molecule has 166 valence electrons. The zero-order valence-corrected chi connectivity index (χ0v) is 17.4. The quantitative estimate of drug-likeness (QED) is 0.431. The number of benzene rings is 2. The summed E-state index contributed by atoms with van der Waals surface area (Å²) < 4.78 is 45.3. The van der Waals surface area contributed by atoms with Gasteiger partial charge in [-0.15, -0.1) is 0 Å². The summed E-state index contributed by atoms with van der Waals surface area (Å²) in [6.07, 6.45) is 0.673. The first-order valence-electron chi connectivity index (χ1n) is 10.0. The molecule has 1 saturated heterocycles. The van der Waals surface area contributed by atoms with E-state index in [1.807, 2.05) is 0 Å². The fourth-order valence-corrected chi connectivity index (χ4v) is 4.53. The molecule has 0 bridgehead atoms. The summed E-state index contributed by atoms with van der Waals surface area (Å²) in [6, 6.07) is 10.4. The third-order valence-electron chi connectivity index (χ3n) is 5.31. The van der Waals surface area contributed by atoms with Crippen molar-refractivity contribution in [3.05, 3.63) is 59.9 Å². The molecule has 2 fully saturated rings. The first-order valence-corrected chi connectivity index (χ1v) is 11.5. The molecule has 2 aromatic rings. The molecule has 10 heteroatoms. The van der Waals surface area contributed by atoms with Gasteiger partial charge in [-0.3, -0.25) is 4.79 Å². The normalized spacial score (nSPS) is 18.6. The Balaban J connectivity index is 1.39. The highest BCUT2D eigenvalue weighted by atomic mass is 32.2. The summed E-state index contributed by atoms with van der Waals surface area (Å²) in [5.74, 6) is -0.704. The molecule has 4 rings (SSSR count). The van der Waals surface area contributed by atoms with Crippen molar-refractivity contribution in [3.63, 3.8) is 0 Å². The first-order chi connectivity index (χ1) is 14.8. The molecule has 1 saturated carbocycles. The third kappa shape index (κ3) is 5.40. The van der Waals surface area contributed by atoms with Crippen LogP contribution in [0, 0.1) is 11.7 Å². The second-order valence-corrected chi connectivity index (χ2v) is 9.53. The zero-order valence-electron chi connectivity index (χ0n) is 16.6. The number of anilines is 1. The molecule has 2 aliphatic rings. The van der Waals surface area contributed by atoms with Gasteiger partial charge in [0.05, 0.1) is 30.2 Å². The van der Waals surface area contributed by atoms with Crippen LogP contribution in [0.3, 0.4) is 0 Å². The number of hydrogen-bond donors (Lipinski definition) is 4. The number of carbonyl (C=O) groups is 1. The van der Waals surface area contributed by atoms with E-state index >= 15 is 0 Å². The number of carbonyl (C=O) groups excluding carboxylic acids is 1. The van der Waals surface area contributed by atoms with E-state index in [1.165, 1.54) is 36.4 Å².